The number of ketones is 1. The van der Waals surface area contributed by atoms with Crippen LogP contribution in [0.15, 0.2) is 60.0 Å². The fourth-order valence-corrected chi connectivity index (χ4v) is 8.92. The summed E-state index contributed by atoms with van der Waals surface area (Å²) < 4.78 is 2.42. The van der Waals surface area contributed by atoms with Crippen LogP contribution in [0.5, 0.6) is 0 Å². The van der Waals surface area contributed by atoms with Crippen LogP contribution in [-0.2, 0) is 0 Å². The van der Waals surface area contributed by atoms with Gasteiger partial charge in [-0.2, -0.15) is 0 Å². The van der Waals surface area contributed by atoms with Crippen LogP contribution in [0.25, 0.3) is 31.9 Å². The lowest BCUT2D eigenvalue weighted by Gasteiger charge is -2.39. The summed E-state index contributed by atoms with van der Waals surface area (Å²) in [4.78, 5) is 48.5. The maximum absolute atomic E-state index is 15.3. The minimum absolute atomic E-state index is 0.0423. The average Bonchev–Trinajstić information content (AvgIpc) is 3.87. The fourth-order valence-electron chi connectivity index (χ4n) is 7.49. The second-order valence-electron chi connectivity index (χ2n) is 12.9. The summed E-state index contributed by atoms with van der Waals surface area (Å²) in [5.41, 5.74) is 15.3. The van der Waals surface area contributed by atoms with Crippen LogP contribution < -0.4 is 16.5 Å². The summed E-state index contributed by atoms with van der Waals surface area (Å²) in [6, 6.07) is 15.7. The SMILES string of the molecule is Cc1csc2c(C3CN(C)CCN3C(=O)O)c(C(=O)c3cc4ccccc4n3NC(=O)c3cc4cc(N)ccc4[nH]3)c3c(c12)[C@@H](CCl)CN3. The molecule has 0 saturated carbocycles. The van der Waals surface area contributed by atoms with Gasteiger partial charge in [-0.3, -0.25) is 19.9 Å². The number of nitrogens with zero attached hydrogens (tertiary/aromatic N) is 3. The molecule has 8 rings (SSSR count). The van der Waals surface area contributed by atoms with Crippen LogP contribution in [0.3, 0.4) is 0 Å². The summed E-state index contributed by atoms with van der Waals surface area (Å²) in [6.07, 6.45) is -1.04. The summed E-state index contributed by atoms with van der Waals surface area (Å²) in [5.74, 6) is -0.455. The molecule has 1 fully saturated rings. The van der Waals surface area contributed by atoms with Gasteiger partial charge in [-0.25, -0.2) is 9.47 Å². The van der Waals surface area contributed by atoms with Crippen LogP contribution >= 0.6 is 22.9 Å². The van der Waals surface area contributed by atoms with E-state index in [4.69, 9.17) is 17.3 Å². The van der Waals surface area contributed by atoms with Crippen LogP contribution in [0.4, 0.5) is 16.2 Å². The zero-order chi connectivity index (χ0) is 34.1. The van der Waals surface area contributed by atoms with Gasteiger partial charge in [0.2, 0.25) is 5.78 Å². The maximum atomic E-state index is 15.3. The van der Waals surface area contributed by atoms with Gasteiger partial charge in [0, 0.05) is 75.6 Å². The van der Waals surface area contributed by atoms with Crippen molar-refractivity contribution in [2.45, 2.75) is 18.9 Å². The Hall–Kier alpha value is -5.04. The third-order valence-corrected chi connectivity index (χ3v) is 11.3. The molecule has 6 aromatic rings. The number of nitrogens with one attached hydrogen (secondary N) is 3. The number of rotatable bonds is 6. The van der Waals surface area contributed by atoms with E-state index in [9.17, 15) is 14.7 Å². The van der Waals surface area contributed by atoms with E-state index in [0.717, 1.165) is 37.5 Å². The van der Waals surface area contributed by atoms with Gasteiger partial charge in [0.1, 0.15) is 11.4 Å². The molecule has 13 heteroatoms. The molecule has 2 aliphatic rings. The number of nitrogens with two attached hydrogens (primary N) is 1. The standard InChI is InChI=1S/C36H34ClN7O4S/c1-18-17-49-34-28(18)29-21(14-37)15-39-32(29)31(30(34)27-16-42(2)9-10-43(27)36(47)48)33(45)26-13-19-5-3-4-6-25(19)44(26)41-35(46)24-12-20-11-22(38)7-8-23(20)40-24/h3-8,11-13,17,21,27,39-40H,9-10,14-16,38H2,1-2H3,(H,41,46)(H,47,48)/t21-,27?/m0/s1. The van der Waals surface area contributed by atoms with E-state index in [-0.39, 0.29) is 17.4 Å². The molecule has 2 amide bonds. The predicted octanol–water partition coefficient (Wildman–Crippen LogP) is 6.56. The number of hydrogen-bond acceptors (Lipinski definition) is 7. The van der Waals surface area contributed by atoms with Crippen LogP contribution in [-0.4, -0.2) is 81.5 Å². The Labute approximate surface area is 290 Å². The maximum Gasteiger partial charge on any atom is 0.407 e. The number of alkyl halides is 1. The molecule has 0 aliphatic carbocycles. The molecule has 0 spiro atoms. The number of hydrogen-bond donors (Lipinski definition) is 5. The molecule has 1 unspecified atom stereocenters. The van der Waals surface area contributed by atoms with E-state index in [0.29, 0.717) is 65.8 Å². The van der Waals surface area contributed by atoms with E-state index in [1.165, 1.54) is 20.9 Å². The first-order chi connectivity index (χ1) is 23.6. The van der Waals surface area contributed by atoms with Crippen molar-refractivity contribution in [2.24, 2.45) is 0 Å². The molecule has 2 aliphatic heterocycles. The van der Waals surface area contributed by atoms with Gasteiger partial charge in [0.25, 0.3) is 5.91 Å². The third kappa shape index (κ3) is 5.01. The number of aryl methyl sites for hydroxylation is 1. The number of halogens is 1. The number of anilines is 2. The lowest BCUT2D eigenvalue weighted by molar-refractivity contribution is 0.0771. The number of amides is 2. The van der Waals surface area contributed by atoms with Crippen LogP contribution in [0.2, 0.25) is 0 Å². The zero-order valence-corrected chi connectivity index (χ0v) is 28.4. The van der Waals surface area contributed by atoms with Crippen molar-refractivity contribution in [1.82, 2.24) is 19.5 Å². The molecular formula is C36H34ClN7O4S. The van der Waals surface area contributed by atoms with Gasteiger partial charge in [-0.05, 0) is 66.9 Å². The number of aromatic nitrogens is 2. The highest BCUT2D eigenvalue weighted by Gasteiger charge is 2.40. The molecule has 2 atom stereocenters. The van der Waals surface area contributed by atoms with E-state index in [1.807, 2.05) is 44.3 Å². The molecule has 11 nitrogen and oxygen atoms in total. The Morgan fingerprint density at radius 3 is 2.69 bits per heavy atom. The van der Waals surface area contributed by atoms with Crippen molar-refractivity contribution in [1.29, 1.82) is 0 Å². The van der Waals surface area contributed by atoms with Crippen molar-refractivity contribution in [3.63, 3.8) is 0 Å². The molecule has 5 heterocycles. The summed E-state index contributed by atoms with van der Waals surface area (Å²) in [5, 5.41) is 18.6. The molecule has 0 radical (unpaired) electrons. The van der Waals surface area contributed by atoms with Gasteiger partial charge in [-0.1, -0.05) is 18.2 Å². The molecule has 1 saturated heterocycles. The Morgan fingerprint density at radius 2 is 1.90 bits per heavy atom. The topological polar surface area (TPSA) is 149 Å². The lowest BCUT2D eigenvalue weighted by atomic mass is 9.86. The van der Waals surface area contributed by atoms with Gasteiger partial charge in [0.15, 0.2) is 0 Å². The van der Waals surface area contributed by atoms with E-state index in [2.05, 4.69) is 26.0 Å². The average molecular weight is 696 g/mol. The van der Waals surface area contributed by atoms with Crippen molar-refractivity contribution in [3.05, 3.63) is 93.6 Å². The fraction of sp³-hybridized carbons (Fsp3) is 0.250. The number of carbonyl (C=O) groups is 3. The first-order valence-corrected chi connectivity index (χ1v) is 17.5. The molecule has 49 heavy (non-hydrogen) atoms. The lowest BCUT2D eigenvalue weighted by Crippen LogP contribution is -2.49. The number of carboxylic acid groups (broad SMARTS) is 1. The van der Waals surface area contributed by atoms with Gasteiger partial charge >= 0.3 is 6.09 Å². The normalized spacial score (nSPS) is 17.9. The highest BCUT2D eigenvalue weighted by atomic mass is 35.5. The number of fused-ring (bicyclic) bond motifs is 5. The largest absolute Gasteiger partial charge is 0.465 e. The number of nitrogen functional groups attached to an aromatic ring is 1. The summed E-state index contributed by atoms with van der Waals surface area (Å²) in [6.45, 7) is 3.89. The monoisotopic (exact) mass is 695 g/mol. The van der Waals surface area contributed by atoms with Crippen molar-refractivity contribution >= 4 is 84.0 Å². The number of H-pyrrole nitrogens is 1. The van der Waals surface area contributed by atoms with E-state index in [1.54, 1.807) is 24.3 Å². The number of thiophene rings is 1. The predicted molar refractivity (Wildman–Crippen MR) is 195 cm³/mol. The molecular weight excluding hydrogens is 662 g/mol. The number of aromatic amines is 1. The van der Waals surface area contributed by atoms with Crippen LogP contribution in [0.1, 0.15) is 55.2 Å². The number of likely N-dealkylation sites (N-methyl/N-ethyl adjacent to an activating group) is 1. The first-order valence-electron chi connectivity index (χ1n) is 16.0. The van der Waals surface area contributed by atoms with Gasteiger partial charge in [-0.15, -0.1) is 22.9 Å². The summed E-state index contributed by atoms with van der Waals surface area (Å²) >= 11 is 8.06. The second kappa shape index (κ2) is 11.8. The van der Waals surface area contributed by atoms with E-state index >= 15 is 4.79 Å². The molecule has 3 aromatic carbocycles. The Bertz CT molecular complexity index is 2340. The second-order valence-corrected chi connectivity index (χ2v) is 14.1. The molecule has 6 N–H and O–H groups in total. The first kappa shape index (κ1) is 31.2. The molecule has 250 valence electrons. The molecule has 0 bridgehead atoms. The zero-order valence-electron chi connectivity index (χ0n) is 26.8. The van der Waals surface area contributed by atoms with Gasteiger partial charge < -0.3 is 26.0 Å². The van der Waals surface area contributed by atoms with E-state index < -0.39 is 18.0 Å². The van der Waals surface area contributed by atoms with Gasteiger partial charge in [0.05, 0.1) is 22.8 Å². The Kier molecular flexibility index (Phi) is 7.54. The summed E-state index contributed by atoms with van der Waals surface area (Å²) in [7, 11) is 1.96. The Balaban J connectivity index is 1.34. The third-order valence-electron chi connectivity index (χ3n) is 9.83. The highest BCUT2D eigenvalue weighted by Crippen LogP contribution is 2.50. The minimum atomic E-state index is -1.04. The minimum Gasteiger partial charge on any atom is -0.465 e. The van der Waals surface area contributed by atoms with Crippen molar-refractivity contribution < 1.29 is 19.5 Å². The number of piperazine rings is 1. The van der Waals surface area contributed by atoms with Crippen molar-refractivity contribution in [3.8, 4) is 0 Å². The highest BCUT2D eigenvalue weighted by molar-refractivity contribution is 7.17. The van der Waals surface area contributed by atoms with Crippen molar-refractivity contribution in [2.75, 3.05) is 55.6 Å². The number of para-hydroxylation sites is 1. The molecule has 3 aromatic heterocycles. The number of carbonyl (C=O) groups excluding carboxylic acids is 2. The number of benzene rings is 3. The smallest absolute Gasteiger partial charge is 0.407 e. The Morgan fingerprint density at radius 1 is 1.08 bits per heavy atom. The quantitative estimate of drug-likeness (QED) is 0.0753. The van der Waals surface area contributed by atoms with Crippen LogP contribution in [0, 0.1) is 6.92 Å².